The third kappa shape index (κ3) is 4.20. The highest BCUT2D eigenvalue weighted by Crippen LogP contribution is 2.31. The molecule has 0 saturated carbocycles. The number of methoxy groups -OCH3 is 1. The summed E-state index contributed by atoms with van der Waals surface area (Å²) < 4.78 is 11.8. The highest BCUT2D eigenvalue weighted by atomic mass is 16.5. The Morgan fingerprint density at radius 3 is 2.67 bits per heavy atom. The molecule has 0 saturated heterocycles. The number of hydrogen-bond donors (Lipinski definition) is 0. The Morgan fingerprint density at radius 1 is 1.06 bits per heavy atom. The summed E-state index contributed by atoms with van der Waals surface area (Å²) in [7, 11) is 3.58. The number of rotatable bonds is 6. The molecule has 166 valence electrons. The minimum Gasteiger partial charge on any atom is -0.493 e. The molecule has 0 unspecified atom stereocenters. The summed E-state index contributed by atoms with van der Waals surface area (Å²) in [5.74, 6) is 1.37. The highest BCUT2D eigenvalue weighted by molar-refractivity contribution is 6.02. The van der Waals surface area contributed by atoms with Gasteiger partial charge in [0.05, 0.1) is 24.7 Å². The van der Waals surface area contributed by atoms with Crippen LogP contribution in [0.4, 0.5) is 11.4 Å². The lowest BCUT2D eigenvalue weighted by Crippen LogP contribution is -2.12. The van der Waals surface area contributed by atoms with Gasteiger partial charge in [0, 0.05) is 19.0 Å². The van der Waals surface area contributed by atoms with Gasteiger partial charge in [-0.2, -0.15) is 10.2 Å². The van der Waals surface area contributed by atoms with Crippen LogP contribution in [0.1, 0.15) is 23.8 Å². The van der Waals surface area contributed by atoms with Crippen molar-refractivity contribution in [3.05, 3.63) is 89.7 Å². The van der Waals surface area contributed by atoms with Gasteiger partial charge >= 0.3 is 0 Å². The zero-order valence-electron chi connectivity index (χ0n) is 19.0. The molecule has 0 bridgehead atoms. The summed E-state index contributed by atoms with van der Waals surface area (Å²) in [5.41, 5.74) is 5.94. The molecular weight excluding hydrogens is 412 g/mol. The summed E-state index contributed by atoms with van der Waals surface area (Å²) in [5, 5.41) is 14.2. The van der Waals surface area contributed by atoms with E-state index in [4.69, 9.17) is 14.3 Å². The van der Waals surface area contributed by atoms with Crippen LogP contribution in [0.25, 0.3) is 11.0 Å². The molecule has 1 aliphatic rings. The second-order valence-corrected chi connectivity index (χ2v) is 8.04. The maximum Gasteiger partial charge on any atom is 0.176 e. The fraction of sp³-hybridized carbons (Fsp3) is 0.185. The SMILES string of the molecule is COc1cc(C=NN2CCc3ccccc32)cc2cc(C(C)=NN(C)c3ccccc3)oc12. The van der Waals surface area contributed by atoms with Crippen LogP contribution in [-0.4, -0.2) is 32.6 Å². The average molecular weight is 439 g/mol. The van der Waals surface area contributed by atoms with Crippen molar-refractivity contribution in [2.45, 2.75) is 13.3 Å². The minimum atomic E-state index is 0.672. The molecule has 0 aliphatic carbocycles. The smallest absolute Gasteiger partial charge is 0.176 e. The summed E-state index contributed by atoms with van der Waals surface area (Å²) in [6.45, 7) is 2.83. The van der Waals surface area contributed by atoms with Crippen LogP contribution in [0, 0.1) is 0 Å². The molecule has 1 aliphatic heterocycles. The number of hydrazone groups is 2. The van der Waals surface area contributed by atoms with Gasteiger partial charge < -0.3 is 9.15 Å². The van der Waals surface area contributed by atoms with E-state index in [1.807, 2.05) is 78.7 Å². The van der Waals surface area contributed by atoms with Crippen molar-refractivity contribution >= 4 is 34.3 Å². The second kappa shape index (κ2) is 8.82. The fourth-order valence-corrected chi connectivity index (χ4v) is 4.10. The molecule has 0 spiro atoms. The number of benzene rings is 3. The predicted octanol–water partition coefficient (Wildman–Crippen LogP) is 5.70. The molecule has 5 rings (SSSR count). The third-order valence-electron chi connectivity index (χ3n) is 5.82. The maximum atomic E-state index is 6.13. The Labute approximate surface area is 193 Å². The van der Waals surface area contributed by atoms with Gasteiger partial charge in [-0.05, 0) is 60.9 Å². The van der Waals surface area contributed by atoms with E-state index < -0.39 is 0 Å². The fourth-order valence-electron chi connectivity index (χ4n) is 4.10. The van der Waals surface area contributed by atoms with Gasteiger partial charge in [-0.3, -0.25) is 10.0 Å². The first-order valence-corrected chi connectivity index (χ1v) is 11.0. The Hall–Kier alpha value is -4.06. The lowest BCUT2D eigenvalue weighted by atomic mass is 10.1. The van der Waals surface area contributed by atoms with Crippen molar-refractivity contribution in [3.8, 4) is 5.75 Å². The van der Waals surface area contributed by atoms with Gasteiger partial charge in [0.2, 0.25) is 0 Å². The number of nitrogens with zero attached hydrogens (tertiary/aromatic N) is 4. The highest BCUT2D eigenvalue weighted by Gasteiger charge is 2.17. The Kier molecular flexibility index (Phi) is 5.57. The Morgan fingerprint density at radius 2 is 1.85 bits per heavy atom. The summed E-state index contributed by atoms with van der Waals surface area (Å²) >= 11 is 0. The zero-order valence-corrected chi connectivity index (χ0v) is 19.0. The number of ether oxygens (including phenoxy) is 1. The Balaban J connectivity index is 1.43. The zero-order chi connectivity index (χ0) is 22.8. The normalized spacial score (nSPS) is 13.7. The third-order valence-corrected chi connectivity index (χ3v) is 5.82. The predicted molar refractivity (Wildman–Crippen MR) is 135 cm³/mol. The van der Waals surface area contributed by atoms with Crippen molar-refractivity contribution in [2.24, 2.45) is 10.2 Å². The first-order chi connectivity index (χ1) is 16.1. The van der Waals surface area contributed by atoms with Crippen molar-refractivity contribution in [1.82, 2.24) is 0 Å². The molecule has 0 amide bonds. The number of hydrogen-bond acceptors (Lipinski definition) is 6. The van der Waals surface area contributed by atoms with Gasteiger partial charge in [0.25, 0.3) is 0 Å². The van der Waals surface area contributed by atoms with Gasteiger partial charge in [0.1, 0.15) is 5.71 Å². The maximum absolute atomic E-state index is 6.13. The van der Waals surface area contributed by atoms with E-state index in [1.54, 1.807) is 7.11 Å². The molecule has 0 radical (unpaired) electrons. The van der Waals surface area contributed by atoms with Gasteiger partial charge in [0.15, 0.2) is 17.1 Å². The summed E-state index contributed by atoms with van der Waals surface area (Å²) in [6.07, 6.45) is 2.89. The molecule has 0 N–H and O–H groups in total. The van der Waals surface area contributed by atoms with Crippen molar-refractivity contribution in [3.63, 3.8) is 0 Å². The topological polar surface area (TPSA) is 53.6 Å². The molecule has 6 nitrogen and oxygen atoms in total. The van der Waals surface area contributed by atoms with Crippen LogP contribution >= 0.6 is 0 Å². The number of fused-ring (bicyclic) bond motifs is 2. The second-order valence-electron chi connectivity index (χ2n) is 8.04. The van der Waals surface area contributed by atoms with E-state index in [9.17, 15) is 0 Å². The van der Waals surface area contributed by atoms with E-state index in [2.05, 4.69) is 29.4 Å². The van der Waals surface area contributed by atoms with Crippen LogP contribution in [0.5, 0.6) is 5.75 Å². The molecule has 33 heavy (non-hydrogen) atoms. The monoisotopic (exact) mass is 438 g/mol. The summed E-state index contributed by atoms with van der Waals surface area (Å²) in [4.78, 5) is 0. The van der Waals surface area contributed by atoms with Gasteiger partial charge in [-0.25, -0.2) is 0 Å². The van der Waals surface area contributed by atoms with Crippen molar-refractivity contribution < 1.29 is 9.15 Å². The first kappa shape index (κ1) is 20.8. The number of furan rings is 1. The number of para-hydroxylation sites is 2. The van der Waals surface area contributed by atoms with E-state index in [0.717, 1.165) is 35.3 Å². The van der Waals surface area contributed by atoms with Gasteiger partial charge in [-0.1, -0.05) is 36.4 Å². The van der Waals surface area contributed by atoms with Crippen molar-refractivity contribution in [1.29, 1.82) is 0 Å². The van der Waals surface area contributed by atoms with E-state index in [1.165, 1.54) is 11.3 Å². The standard InChI is InChI=1S/C27H26N4O2/c1-19(29-30(2)23-10-5-4-6-11-23)25-17-22-15-20(16-26(32-3)27(22)33-25)18-28-31-14-13-21-9-7-8-12-24(21)31/h4-12,15-18H,13-14H2,1-3H3. The molecule has 0 fully saturated rings. The molecule has 2 heterocycles. The molecule has 3 aromatic carbocycles. The van der Waals surface area contributed by atoms with E-state index in [0.29, 0.717) is 17.1 Å². The average Bonchev–Trinajstić information content (AvgIpc) is 3.47. The van der Waals surface area contributed by atoms with Crippen molar-refractivity contribution in [2.75, 3.05) is 30.7 Å². The minimum absolute atomic E-state index is 0.672. The van der Waals surface area contributed by atoms with Crippen LogP contribution in [0.3, 0.4) is 0 Å². The van der Waals surface area contributed by atoms with E-state index in [-0.39, 0.29) is 0 Å². The molecule has 0 atom stereocenters. The van der Waals surface area contributed by atoms with Crippen LogP contribution < -0.4 is 14.8 Å². The molecule has 6 heteroatoms. The molecule has 1 aromatic heterocycles. The number of anilines is 2. The lowest BCUT2D eigenvalue weighted by Gasteiger charge is -2.13. The van der Waals surface area contributed by atoms with Crippen LogP contribution in [-0.2, 0) is 6.42 Å². The Bertz CT molecular complexity index is 1340. The summed E-state index contributed by atoms with van der Waals surface area (Å²) in [6, 6.07) is 24.4. The van der Waals surface area contributed by atoms with Crippen LogP contribution in [0.2, 0.25) is 0 Å². The largest absolute Gasteiger partial charge is 0.493 e. The molecular formula is C27H26N4O2. The van der Waals surface area contributed by atoms with Gasteiger partial charge in [-0.15, -0.1) is 0 Å². The van der Waals surface area contributed by atoms with E-state index >= 15 is 0 Å². The lowest BCUT2D eigenvalue weighted by molar-refractivity contribution is 0.410. The van der Waals surface area contributed by atoms with Crippen LogP contribution in [0.15, 0.2) is 87.4 Å². The molecule has 4 aromatic rings. The quantitative estimate of drug-likeness (QED) is 0.286. The first-order valence-electron chi connectivity index (χ1n) is 11.0.